The molecule has 2 aromatic rings. The molecule has 0 aliphatic heterocycles. The Balaban J connectivity index is 1.76. The van der Waals surface area contributed by atoms with Gasteiger partial charge in [0.2, 0.25) is 0 Å². The number of furan rings is 1. The van der Waals surface area contributed by atoms with Gasteiger partial charge in [-0.15, -0.1) is 0 Å². The van der Waals surface area contributed by atoms with E-state index in [1.54, 1.807) is 6.07 Å². The highest BCUT2D eigenvalue weighted by Crippen LogP contribution is 2.28. The lowest BCUT2D eigenvalue weighted by molar-refractivity contribution is -0.0302. The molecule has 3 rings (SSSR count). The number of hydrogen-bond acceptors (Lipinski definition) is 4. The van der Waals surface area contributed by atoms with Gasteiger partial charge in [-0.3, -0.25) is 4.79 Å². The second-order valence-corrected chi connectivity index (χ2v) is 6.02. The summed E-state index contributed by atoms with van der Waals surface area (Å²) in [7, 11) is 0. The molecule has 0 spiro atoms. The van der Waals surface area contributed by atoms with E-state index in [9.17, 15) is 4.79 Å². The van der Waals surface area contributed by atoms with E-state index in [1.807, 2.05) is 25.1 Å². The van der Waals surface area contributed by atoms with Gasteiger partial charge in [0.1, 0.15) is 5.58 Å². The molecule has 3 N–H and O–H groups in total. The molecule has 1 saturated carbocycles. The minimum Gasteiger partial charge on any atom is -0.450 e. The molecule has 1 aromatic carbocycles. The van der Waals surface area contributed by atoms with Crippen LogP contribution in [0.1, 0.15) is 23.9 Å². The summed E-state index contributed by atoms with van der Waals surface area (Å²) in [6.45, 7) is 2.54. The van der Waals surface area contributed by atoms with Crippen molar-refractivity contribution < 1.29 is 13.9 Å². The molecule has 21 heavy (non-hydrogen) atoms. The maximum Gasteiger partial charge on any atom is 0.287 e. The van der Waals surface area contributed by atoms with Gasteiger partial charge in [0.25, 0.3) is 5.91 Å². The Morgan fingerprint density at radius 1 is 1.57 bits per heavy atom. The van der Waals surface area contributed by atoms with Crippen molar-refractivity contribution >= 4 is 32.8 Å². The first kappa shape index (κ1) is 14.6. The molecule has 112 valence electrons. The van der Waals surface area contributed by atoms with E-state index in [0.717, 1.165) is 16.3 Å². The number of benzene rings is 1. The zero-order valence-electron chi connectivity index (χ0n) is 11.6. The largest absolute Gasteiger partial charge is 0.450 e. The van der Waals surface area contributed by atoms with Crippen LogP contribution in [0.2, 0.25) is 0 Å². The lowest BCUT2D eigenvalue weighted by atomic mass is 9.83. The van der Waals surface area contributed by atoms with Crippen molar-refractivity contribution in [2.24, 2.45) is 5.73 Å². The average Bonchev–Trinajstić information content (AvgIpc) is 2.90. The van der Waals surface area contributed by atoms with Gasteiger partial charge in [0.15, 0.2) is 5.76 Å². The monoisotopic (exact) mass is 352 g/mol. The summed E-state index contributed by atoms with van der Waals surface area (Å²) < 4.78 is 12.0. The Morgan fingerprint density at radius 2 is 2.38 bits per heavy atom. The molecular formula is C15H17BrN2O3. The number of carbonyl (C=O) groups is 1. The number of amides is 1. The van der Waals surface area contributed by atoms with Gasteiger partial charge in [-0.1, -0.05) is 12.1 Å². The molecule has 1 aliphatic rings. The fourth-order valence-corrected chi connectivity index (χ4v) is 3.05. The van der Waals surface area contributed by atoms with Gasteiger partial charge in [-0.2, -0.15) is 0 Å². The summed E-state index contributed by atoms with van der Waals surface area (Å²) in [5, 5.41) is 3.78. The van der Waals surface area contributed by atoms with Crippen LogP contribution >= 0.6 is 15.9 Å². The number of nitrogens with one attached hydrogen (secondary N) is 1. The summed E-state index contributed by atoms with van der Waals surface area (Å²) in [5.74, 6) is 0.0224. The molecule has 1 heterocycles. The summed E-state index contributed by atoms with van der Waals surface area (Å²) in [5.41, 5.74) is 6.60. The molecule has 0 saturated heterocycles. The summed E-state index contributed by atoms with van der Waals surface area (Å²) in [6.07, 6.45) is 0.759. The number of rotatable bonds is 4. The van der Waals surface area contributed by atoms with Crippen molar-refractivity contribution in [2.75, 3.05) is 6.61 Å². The van der Waals surface area contributed by atoms with Gasteiger partial charge >= 0.3 is 0 Å². The first-order valence-electron chi connectivity index (χ1n) is 6.96. The molecule has 1 aliphatic carbocycles. The van der Waals surface area contributed by atoms with Crippen LogP contribution in [0.4, 0.5) is 0 Å². The summed E-state index contributed by atoms with van der Waals surface area (Å²) in [4.78, 5) is 12.3. The maximum absolute atomic E-state index is 12.3. The normalized spacial score (nSPS) is 24.8. The van der Waals surface area contributed by atoms with Crippen LogP contribution in [-0.2, 0) is 4.74 Å². The third-order valence-electron chi connectivity index (χ3n) is 3.76. The quantitative estimate of drug-likeness (QED) is 0.885. The van der Waals surface area contributed by atoms with Crippen molar-refractivity contribution in [3.8, 4) is 0 Å². The zero-order valence-corrected chi connectivity index (χ0v) is 13.2. The lowest BCUT2D eigenvalue weighted by Crippen LogP contribution is -2.64. The predicted octanol–water partition coefficient (Wildman–Crippen LogP) is 2.43. The molecule has 0 bridgehead atoms. The Labute approximate surface area is 130 Å². The van der Waals surface area contributed by atoms with E-state index >= 15 is 0 Å². The fourth-order valence-electron chi connectivity index (χ4n) is 2.59. The SMILES string of the molecule is CCOC1CC(N)C1NC(=O)c1cc2cccc(Br)c2o1. The first-order valence-corrected chi connectivity index (χ1v) is 7.75. The van der Waals surface area contributed by atoms with Crippen LogP contribution in [0.5, 0.6) is 0 Å². The van der Waals surface area contributed by atoms with E-state index in [1.165, 1.54) is 0 Å². The highest BCUT2D eigenvalue weighted by molar-refractivity contribution is 9.10. The number of halogens is 1. The zero-order chi connectivity index (χ0) is 15.0. The van der Waals surface area contributed by atoms with E-state index in [-0.39, 0.29) is 29.9 Å². The molecule has 3 unspecified atom stereocenters. The second kappa shape index (κ2) is 5.79. The highest BCUT2D eigenvalue weighted by Gasteiger charge is 2.40. The number of nitrogens with two attached hydrogens (primary N) is 1. The highest BCUT2D eigenvalue weighted by atomic mass is 79.9. The Morgan fingerprint density at radius 3 is 3.05 bits per heavy atom. The minimum absolute atomic E-state index is 0.00920. The smallest absolute Gasteiger partial charge is 0.287 e. The van der Waals surface area contributed by atoms with Crippen LogP contribution in [-0.4, -0.2) is 30.7 Å². The van der Waals surface area contributed by atoms with Crippen LogP contribution in [0.25, 0.3) is 11.0 Å². The molecule has 3 atom stereocenters. The van der Waals surface area contributed by atoms with Gasteiger partial charge in [-0.05, 0) is 41.4 Å². The van der Waals surface area contributed by atoms with Crippen LogP contribution in [0.15, 0.2) is 33.2 Å². The molecule has 1 aromatic heterocycles. The molecule has 6 heteroatoms. The van der Waals surface area contributed by atoms with Crippen molar-refractivity contribution in [2.45, 2.75) is 31.5 Å². The number of hydrogen-bond donors (Lipinski definition) is 2. The Hall–Kier alpha value is -1.37. The third kappa shape index (κ3) is 2.71. The van der Waals surface area contributed by atoms with Gasteiger partial charge < -0.3 is 20.2 Å². The van der Waals surface area contributed by atoms with E-state index in [2.05, 4.69) is 21.2 Å². The third-order valence-corrected chi connectivity index (χ3v) is 4.39. The number of carbonyl (C=O) groups excluding carboxylic acids is 1. The standard InChI is InChI=1S/C15H17BrN2O3/c1-2-20-11-7-10(17)13(11)18-15(19)12-6-8-4-3-5-9(16)14(8)21-12/h3-6,10-11,13H,2,7,17H2,1H3,(H,18,19). The fraction of sp³-hybridized carbons (Fsp3) is 0.400. The molecule has 1 fully saturated rings. The van der Waals surface area contributed by atoms with Crippen LogP contribution in [0.3, 0.4) is 0 Å². The van der Waals surface area contributed by atoms with Crippen molar-refractivity contribution in [1.82, 2.24) is 5.32 Å². The second-order valence-electron chi connectivity index (χ2n) is 5.16. The number of fused-ring (bicyclic) bond motifs is 1. The van der Waals surface area contributed by atoms with Crippen molar-refractivity contribution in [3.63, 3.8) is 0 Å². The minimum atomic E-state index is -0.261. The maximum atomic E-state index is 12.3. The summed E-state index contributed by atoms with van der Waals surface area (Å²) >= 11 is 3.41. The molecule has 1 amide bonds. The van der Waals surface area contributed by atoms with E-state index in [0.29, 0.717) is 12.2 Å². The first-order chi connectivity index (χ1) is 10.1. The average molecular weight is 353 g/mol. The lowest BCUT2D eigenvalue weighted by Gasteiger charge is -2.42. The Bertz CT molecular complexity index is 668. The van der Waals surface area contributed by atoms with Crippen LogP contribution in [0, 0.1) is 0 Å². The van der Waals surface area contributed by atoms with Crippen molar-refractivity contribution in [1.29, 1.82) is 0 Å². The number of ether oxygens (including phenoxy) is 1. The predicted molar refractivity (Wildman–Crippen MR) is 83.2 cm³/mol. The van der Waals surface area contributed by atoms with Gasteiger partial charge in [0, 0.05) is 18.0 Å². The molecular weight excluding hydrogens is 336 g/mol. The molecule has 5 nitrogen and oxygen atoms in total. The van der Waals surface area contributed by atoms with Crippen molar-refractivity contribution in [3.05, 3.63) is 34.5 Å². The topological polar surface area (TPSA) is 77.5 Å². The van der Waals surface area contributed by atoms with Crippen LogP contribution < -0.4 is 11.1 Å². The summed E-state index contributed by atoms with van der Waals surface area (Å²) in [6, 6.07) is 7.18. The van der Waals surface area contributed by atoms with E-state index < -0.39 is 0 Å². The van der Waals surface area contributed by atoms with E-state index in [4.69, 9.17) is 14.9 Å². The van der Waals surface area contributed by atoms with Gasteiger partial charge in [0.05, 0.1) is 16.6 Å². The molecule has 0 radical (unpaired) electrons. The Kier molecular flexibility index (Phi) is 4.01. The van der Waals surface area contributed by atoms with Gasteiger partial charge in [-0.25, -0.2) is 0 Å². The number of para-hydroxylation sites is 1.